The Labute approximate surface area is 134 Å². The minimum absolute atomic E-state index is 0.110. The van der Waals surface area contributed by atoms with Crippen LogP contribution >= 0.6 is 0 Å². The summed E-state index contributed by atoms with van der Waals surface area (Å²) in [6.45, 7) is 4.22. The van der Waals surface area contributed by atoms with Crippen molar-refractivity contribution >= 4 is 5.91 Å². The maximum Gasteiger partial charge on any atom is 0.276 e. The van der Waals surface area contributed by atoms with Crippen molar-refractivity contribution in [2.45, 2.75) is 32.7 Å². The zero-order chi connectivity index (χ0) is 16.4. The van der Waals surface area contributed by atoms with Gasteiger partial charge in [0.1, 0.15) is 0 Å². The van der Waals surface area contributed by atoms with Crippen molar-refractivity contribution in [2.75, 3.05) is 6.61 Å². The van der Waals surface area contributed by atoms with Crippen LogP contribution in [0.15, 0.2) is 35.1 Å². The van der Waals surface area contributed by atoms with Crippen molar-refractivity contribution in [1.82, 2.24) is 15.1 Å². The minimum atomic E-state index is -0.435. The summed E-state index contributed by atoms with van der Waals surface area (Å²) in [7, 11) is 0. The van der Waals surface area contributed by atoms with E-state index in [0.717, 1.165) is 24.1 Å². The molecule has 0 spiro atoms. The fourth-order valence-electron chi connectivity index (χ4n) is 2.20. The molecule has 1 aliphatic rings. The Morgan fingerprint density at radius 1 is 1.35 bits per heavy atom. The molecule has 1 saturated carbocycles. The largest absolute Gasteiger partial charge is 0.478 e. The van der Waals surface area contributed by atoms with Gasteiger partial charge in [-0.3, -0.25) is 9.59 Å². The Morgan fingerprint density at radius 3 is 2.65 bits per heavy atom. The Balaban J connectivity index is 2.05. The molecular weight excluding hydrogens is 294 g/mol. The lowest BCUT2D eigenvalue weighted by molar-refractivity contribution is 0.0942. The van der Waals surface area contributed by atoms with E-state index in [9.17, 15) is 9.59 Å². The van der Waals surface area contributed by atoms with Crippen LogP contribution in [-0.2, 0) is 0 Å². The van der Waals surface area contributed by atoms with Crippen molar-refractivity contribution in [3.8, 4) is 11.6 Å². The van der Waals surface area contributed by atoms with Gasteiger partial charge >= 0.3 is 0 Å². The number of nitrogens with zero attached hydrogens (tertiary/aromatic N) is 2. The maximum absolute atomic E-state index is 12.2. The average molecular weight is 313 g/mol. The molecule has 1 aromatic carbocycles. The van der Waals surface area contributed by atoms with Crippen LogP contribution in [0.25, 0.3) is 5.69 Å². The average Bonchev–Trinajstić information content (AvgIpc) is 3.33. The lowest BCUT2D eigenvalue weighted by Crippen LogP contribution is -2.33. The summed E-state index contributed by atoms with van der Waals surface area (Å²) < 4.78 is 6.99. The number of amides is 1. The van der Waals surface area contributed by atoms with E-state index < -0.39 is 11.3 Å². The number of hydrogen-bond acceptors (Lipinski definition) is 4. The summed E-state index contributed by atoms with van der Waals surface area (Å²) in [5, 5.41) is 7.03. The zero-order valence-electron chi connectivity index (χ0n) is 13.2. The van der Waals surface area contributed by atoms with Crippen LogP contribution in [0.2, 0.25) is 0 Å². The van der Waals surface area contributed by atoms with Gasteiger partial charge in [0.25, 0.3) is 5.91 Å². The minimum Gasteiger partial charge on any atom is -0.478 e. The van der Waals surface area contributed by atoms with Crippen LogP contribution < -0.4 is 15.5 Å². The highest BCUT2D eigenvalue weighted by Crippen LogP contribution is 2.19. The molecule has 6 heteroatoms. The van der Waals surface area contributed by atoms with E-state index in [1.54, 1.807) is 0 Å². The standard InChI is InChI=1S/C17H19N3O3/c1-3-23-15-10-14(21)16(17(22)18-12-6-7-12)19-20(15)13-8-4-11(2)5-9-13/h4-5,8-10,12H,3,6-7H2,1-2H3,(H,18,22). The van der Waals surface area contributed by atoms with Crippen LogP contribution in [-0.4, -0.2) is 28.3 Å². The topological polar surface area (TPSA) is 73.2 Å². The third-order valence-corrected chi connectivity index (χ3v) is 3.60. The molecule has 0 unspecified atom stereocenters. The van der Waals surface area contributed by atoms with Gasteiger partial charge in [-0.15, -0.1) is 0 Å². The number of aryl methyl sites for hydroxylation is 1. The molecule has 1 heterocycles. The molecule has 1 N–H and O–H groups in total. The van der Waals surface area contributed by atoms with Gasteiger partial charge in [0, 0.05) is 6.04 Å². The zero-order valence-corrected chi connectivity index (χ0v) is 13.2. The van der Waals surface area contributed by atoms with Gasteiger partial charge in [0.05, 0.1) is 18.4 Å². The van der Waals surface area contributed by atoms with Gasteiger partial charge in [0.15, 0.2) is 5.69 Å². The molecular formula is C17H19N3O3. The second-order valence-electron chi connectivity index (χ2n) is 5.62. The van der Waals surface area contributed by atoms with E-state index in [1.165, 1.54) is 10.7 Å². The Hall–Kier alpha value is -2.63. The fourth-order valence-corrected chi connectivity index (χ4v) is 2.20. The summed E-state index contributed by atoms with van der Waals surface area (Å²) in [6.07, 6.45) is 1.91. The monoisotopic (exact) mass is 313 g/mol. The molecule has 0 aliphatic heterocycles. The summed E-state index contributed by atoms with van der Waals surface area (Å²) in [5.41, 5.74) is 1.30. The number of aromatic nitrogens is 2. The van der Waals surface area contributed by atoms with Crippen LogP contribution in [0, 0.1) is 6.92 Å². The van der Waals surface area contributed by atoms with Crippen molar-refractivity contribution in [1.29, 1.82) is 0 Å². The second kappa shape index (κ2) is 6.24. The molecule has 1 aliphatic carbocycles. The smallest absolute Gasteiger partial charge is 0.276 e. The molecule has 1 amide bonds. The second-order valence-corrected chi connectivity index (χ2v) is 5.62. The van der Waals surface area contributed by atoms with E-state index in [1.807, 2.05) is 38.1 Å². The molecule has 1 aromatic heterocycles. The third-order valence-electron chi connectivity index (χ3n) is 3.60. The molecule has 2 aromatic rings. The van der Waals surface area contributed by atoms with Gasteiger partial charge < -0.3 is 10.1 Å². The predicted octanol–water partition coefficient (Wildman–Crippen LogP) is 1.83. The first-order valence-electron chi connectivity index (χ1n) is 7.73. The molecule has 0 bridgehead atoms. The van der Waals surface area contributed by atoms with Crippen LogP contribution in [0.5, 0.6) is 5.88 Å². The van der Waals surface area contributed by atoms with Crippen LogP contribution in [0.1, 0.15) is 35.8 Å². The predicted molar refractivity (Wildman–Crippen MR) is 86.2 cm³/mol. The van der Waals surface area contributed by atoms with E-state index in [-0.39, 0.29) is 11.7 Å². The summed E-state index contributed by atoms with van der Waals surface area (Å²) in [6, 6.07) is 9.11. The number of nitrogens with one attached hydrogen (secondary N) is 1. The number of benzene rings is 1. The van der Waals surface area contributed by atoms with E-state index >= 15 is 0 Å². The molecule has 0 radical (unpaired) electrons. The maximum atomic E-state index is 12.2. The highest BCUT2D eigenvalue weighted by molar-refractivity contribution is 5.92. The van der Waals surface area contributed by atoms with Crippen molar-refractivity contribution in [2.24, 2.45) is 0 Å². The molecule has 0 atom stereocenters. The summed E-state index contributed by atoms with van der Waals surface area (Å²) in [4.78, 5) is 24.4. The van der Waals surface area contributed by atoms with Gasteiger partial charge in [-0.1, -0.05) is 17.7 Å². The SMILES string of the molecule is CCOc1cc(=O)c(C(=O)NC2CC2)nn1-c1ccc(C)cc1. The van der Waals surface area contributed by atoms with E-state index in [2.05, 4.69) is 10.4 Å². The van der Waals surface area contributed by atoms with Crippen molar-refractivity contribution < 1.29 is 9.53 Å². The van der Waals surface area contributed by atoms with Crippen molar-refractivity contribution in [3.63, 3.8) is 0 Å². The van der Waals surface area contributed by atoms with Gasteiger partial charge in [-0.2, -0.15) is 5.10 Å². The van der Waals surface area contributed by atoms with Crippen LogP contribution in [0.4, 0.5) is 0 Å². The molecule has 23 heavy (non-hydrogen) atoms. The lowest BCUT2D eigenvalue weighted by Gasteiger charge is -2.13. The quantitative estimate of drug-likeness (QED) is 0.914. The molecule has 120 valence electrons. The number of carbonyl (C=O) groups is 1. The van der Waals surface area contributed by atoms with Gasteiger partial charge in [-0.25, -0.2) is 4.68 Å². The van der Waals surface area contributed by atoms with E-state index in [0.29, 0.717) is 12.5 Å². The molecule has 0 saturated heterocycles. The molecule has 3 rings (SSSR count). The summed E-state index contributed by atoms with van der Waals surface area (Å²) >= 11 is 0. The number of rotatable bonds is 5. The van der Waals surface area contributed by atoms with Crippen molar-refractivity contribution in [3.05, 3.63) is 51.8 Å². The summed E-state index contributed by atoms with van der Waals surface area (Å²) in [5.74, 6) is -0.106. The van der Waals surface area contributed by atoms with Gasteiger partial charge in [-0.05, 0) is 38.8 Å². The Bertz CT molecular complexity index is 777. The van der Waals surface area contributed by atoms with Crippen LogP contribution in [0.3, 0.4) is 0 Å². The molecule has 6 nitrogen and oxygen atoms in total. The lowest BCUT2D eigenvalue weighted by atomic mass is 10.2. The van der Waals surface area contributed by atoms with E-state index in [4.69, 9.17) is 4.74 Å². The van der Waals surface area contributed by atoms with Gasteiger partial charge in [0.2, 0.25) is 11.3 Å². The highest BCUT2D eigenvalue weighted by atomic mass is 16.5. The third kappa shape index (κ3) is 3.41. The fraction of sp³-hybridized carbons (Fsp3) is 0.353. The first kappa shape index (κ1) is 15.3. The first-order valence-corrected chi connectivity index (χ1v) is 7.73. The normalized spacial score (nSPS) is 13.7. The number of ether oxygens (including phenoxy) is 1. The number of carbonyl (C=O) groups excluding carboxylic acids is 1. The molecule has 1 fully saturated rings. The Morgan fingerprint density at radius 2 is 2.04 bits per heavy atom. The Kier molecular flexibility index (Phi) is 4.14. The first-order chi connectivity index (χ1) is 11.1. The number of hydrogen-bond donors (Lipinski definition) is 1. The highest BCUT2D eigenvalue weighted by Gasteiger charge is 2.26.